The van der Waals surface area contributed by atoms with Crippen LogP contribution in [0.4, 0.5) is 0 Å². The Labute approximate surface area is 515 Å². The predicted molar refractivity (Wildman–Crippen MR) is 352 cm³/mol. The lowest BCUT2D eigenvalue weighted by Gasteiger charge is -2.40. The summed E-state index contributed by atoms with van der Waals surface area (Å²) < 4.78 is 16.7. The standard InChI is InChI=1S/C73H131NO10/c1-3-5-7-9-11-13-14-15-38-41-45-49-53-57-61-69(78)82-62-58-54-50-46-42-39-36-34-32-30-28-26-24-22-20-18-16-17-19-21-23-25-27-29-31-33-35-37-40-44-48-52-56-60-68(77)74-65(66(76)59-55-51-47-43-12-10-8-6-4-2)64-83-73-72(81)71(80)70(79)67(63-75)84-73/h9,11-12,14-15,20,22,26,28,43,55,59,65-67,70-73,75-76,79-81H,3-8,10,13,16-19,21,23-25,27,29-42,44-54,56-58,60-64H2,1-2H3,(H,74,77)/b11-9-,15-14-,22-20-,28-26-,43-12+,59-55+. The number of rotatable bonds is 61. The summed E-state index contributed by atoms with van der Waals surface area (Å²) >= 11 is 0. The third-order valence-corrected chi connectivity index (χ3v) is 16.3. The number of ether oxygens (including phenoxy) is 3. The van der Waals surface area contributed by atoms with Crippen molar-refractivity contribution >= 4 is 11.9 Å². The van der Waals surface area contributed by atoms with Gasteiger partial charge < -0.3 is 45.1 Å². The number of unbranched alkanes of at least 4 members (excludes halogenated alkanes) is 37. The van der Waals surface area contributed by atoms with Crippen molar-refractivity contribution in [2.45, 2.75) is 358 Å². The number of aliphatic hydroxyl groups is 5. The topological polar surface area (TPSA) is 175 Å². The number of aliphatic hydroxyl groups excluding tert-OH is 5. The van der Waals surface area contributed by atoms with Crippen LogP contribution in [0.15, 0.2) is 72.9 Å². The highest BCUT2D eigenvalue weighted by atomic mass is 16.7. The molecule has 11 nitrogen and oxygen atoms in total. The lowest BCUT2D eigenvalue weighted by molar-refractivity contribution is -0.302. The summed E-state index contributed by atoms with van der Waals surface area (Å²) in [6.07, 6.45) is 73.5. The molecule has 488 valence electrons. The van der Waals surface area contributed by atoms with Gasteiger partial charge in [-0.05, 0) is 103 Å². The van der Waals surface area contributed by atoms with Gasteiger partial charge in [0.1, 0.15) is 24.4 Å². The molecule has 1 heterocycles. The fourth-order valence-corrected chi connectivity index (χ4v) is 10.7. The molecule has 1 aliphatic rings. The van der Waals surface area contributed by atoms with Crippen LogP contribution in [-0.4, -0.2) is 100 Å². The van der Waals surface area contributed by atoms with Gasteiger partial charge in [0, 0.05) is 12.8 Å². The summed E-state index contributed by atoms with van der Waals surface area (Å²) in [5.74, 6) is -0.201. The van der Waals surface area contributed by atoms with Gasteiger partial charge in [0.25, 0.3) is 0 Å². The van der Waals surface area contributed by atoms with E-state index in [2.05, 4.69) is 79.9 Å². The predicted octanol–water partition coefficient (Wildman–Crippen LogP) is 17.9. The molecule has 6 N–H and O–H groups in total. The molecule has 0 aliphatic carbocycles. The molecule has 1 amide bonds. The Morgan fingerprint density at radius 1 is 0.440 bits per heavy atom. The normalized spacial score (nSPS) is 18.5. The van der Waals surface area contributed by atoms with Gasteiger partial charge in [0.2, 0.25) is 5.91 Å². The lowest BCUT2D eigenvalue weighted by Crippen LogP contribution is -2.60. The fraction of sp³-hybridized carbons (Fsp3) is 0.808. The van der Waals surface area contributed by atoms with E-state index in [1.807, 2.05) is 6.08 Å². The number of carbonyl (C=O) groups excluding carboxylic acids is 2. The monoisotopic (exact) mass is 1180 g/mol. The van der Waals surface area contributed by atoms with Crippen molar-refractivity contribution in [1.29, 1.82) is 0 Å². The molecule has 1 aliphatic heterocycles. The fourth-order valence-electron chi connectivity index (χ4n) is 10.7. The number of allylic oxidation sites excluding steroid dienone is 11. The van der Waals surface area contributed by atoms with Gasteiger partial charge in [0.15, 0.2) is 6.29 Å². The number of amides is 1. The van der Waals surface area contributed by atoms with Crippen molar-refractivity contribution in [2.24, 2.45) is 0 Å². The first-order valence-electron chi connectivity index (χ1n) is 35.2. The zero-order valence-electron chi connectivity index (χ0n) is 54.1. The van der Waals surface area contributed by atoms with Crippen LogP contribution in [-0.2, 0) is 23.8 Å². The maximum Gasteiger partial charge on any atom is 0.305 e. The second kappa shape index (κ2) is 61.7. The Morgan fingerprint density at radius 2 is 0.821 bits per heavy atom. The summed E-state index contributed by atoms with van der Waals surface area (Å²) in [6, 6.07) is -0.826. The SMILES string of the molecule is CCCC/C=C\C/C=C\CCCCCCCC(=O)OCCCCCCCCCCC/C=C\C/C=C\CCCCCCCCCCCCCCCCCCCC(=O)NC(COC1OC(CO)C(O)C(O)C1O)C(O)/C=C/CC/C=C/CCCCC. The largest absolute Gasteiger partial charge is 0.466 e. The van der Waals surface area contributed by atoms with E-state index in [0.717, 1.165) is 70.6 Å². The highest BCUT2D eigenvalue weighted by molar-refractivity contribution is 5.76. The van der Waals surface area contributed by atoms with Crippen LogP contribution in [0.1, 0.15) is 316 Å². The van der Waals surface area contributed by atoms with E-state index in [0.29, 0.717) is 19.4 Å². The van der Waals surface area contributed by atoms with E-state index in [9.17, 15) is 35.1 Å². The molecular weight excluding hydrogens is 1050 g/mol. The van der Waals surface area contributed by atoms with Crippen molar-refractivity contribution in [2.75, 3.05) is 19.8 Å². The Balaban J connectivity index is 1.92. The average Bonchev–Trinajstić information content (AvgIpc) is 3.70. The molecule has 1 fully saturated rings. The summed E-state index contributed by atoms with van der Waals surface area (Å²) in [5.41, 5.74) is 0. The summed E-state index contributed by atoms with van der Waals surface area (Å²) in [6.45, 7) is 4.24. The first-order chi connectivity index (χ1) is 41.2. The highest BCUT2D eigenvalue weighted by Gasteiger charge is 2.44. The second-order valence-electron chi connectivity index (χ2n) is 24.2. The molecule has 0 spiro atoms. The van der Waals surface area contributed by atoms with E-state index in [1.54, 1.807) is 6.08 Å². The minimum atomic E-state index is -1.58. The van der Waals surface area contributed by atoms with Gasteiger partial charge in [-0.3, -0.25) is 9.59 Å². The molecule has 0 aromatic carbocycles. The molecule has 0 bridgehead atoms. The van der Waals surface area contributed by atoms with Crippen molar-refractivity contribution in [3.05, 3.63) is 72.9 Å². The maximum atomic E-state index is 13.0. The van der Waals surface area contributed by atoms with Crippen molar-refractivity contribution in [3.63, 3.8) is 0 Å². The Bertz CT molecular complexity index is 1630. The minimum absolute atomic E-state index is 0.00858. The van der Waals surface area contributed by atoms with Gasteiger partial charge in [-0.25, -0.2) is 0 Å². The molecule has 0 aromatic heterocycles. The van der Waals surface area contributed by atoms with E-state index < -0.39 is 49.5 Å². The molecule has 0 saturated carbocycles. The number of esters is 1. The summed E-state index contributed by atoms with van der Waals surface area (Å²) in [4.78, 5) is 25.1. The van der Waals surface area contributed by atoms with Crippen molar-refractivity contribution < 1.29 is 49.3 Å². The van der Waals surface area contributed by atoms with Gasteiger partial charge in [0.05, 0.1) is 32.0 Å². The van der Waals surface area contributed by atoms with E-state index in [-0.39, 0.29) is 18.5 Å². The Morgan fingerprint density at radius 3 is 1.29 bits per heavy atom. The summed E-state index contributed by atoms with van der Waals surface area (Å²) in [5, 5.41) is 54.2. The summed E-state index contributed by atoms with van der Waals surface area (Å²) in [7, 11) is 0. The molecule has 11 heteroatoms. The third kappa shape index (κ3) is 50.1. The second-order valence-corrected chi connectivity index (χ2v) is 24.2. The van der Waals surface area contributed by atoms with Crippen molar-refractivity contribution in [3.8, 4) is 0 Å². The molecule has 1 saturated heterocycles. The zero-order chi connectivity index (χ0) is 60.9. The van der Waals surface area contributed by atoms with E-state index in [4.69, 9.17) is 14.2 Å². The number of hydrogen-bond donors (Lipinski definition) is 6. The van der Waals surface area contributed by atoms with E-state index in [1.165, 1.54) is 218 Å². The molecule has 1 rings (SSSR count). The first kappa shape index (κ1) is 79.1. The Hall–Kier alpha value is -2.90. The molecule has 0 radical (unpaired) electrons. The number of hydrogen-bond acceptors (Lipinski definition) is 10. The smallest absolute Gasteiger partial charge is 0.305 e. The number of carbonyl (C=O) groups is 2. The maximum absolute atomic E-state index is 13.0. The van der Waals surface area contributed by atoms with Gasteiger partial charge in [-0.2, -0.15) is 0 Å². The lowest BCUT2D eigenvalue weighted by atomic mass is 9.99. The van der Waals surface area contributed by atoms with Crippen LogP contribution in [0.2, 0.25) is 0 Å². The van der Waals surface area contributed by atoms with Crippen LogP contribution < -0.4 is 5.32 Å². The molecular formula is C73H131NO10. The van der Waals surface area contributed by atoms with Crippen molar-refractivity contribution in [1.82, 2.24) is 5.32 Å². The van der Waals surface area contributed by atoms with Gasteiger partial charge >= 0.3 is 5.97 Å². The van der Waals surface area contributed by atoms with Crippen LogP contribution >= 0.6 is 0 Å². The Kier molecular flexibility index (Phi) is 58.1. The molecule has 7 unspecified atom stereocenters. The van der Waals surface area contributed by atoms with Gasteiger partial charge in [-0.1, -0.05) is 273 Å². The van der Waals surface area contributed by atoms with Crippen LogP contribution in [0.5, 0.6) is 0 Å². The average molecular weight is 1180 g/mol. The van der Waals surface area contributed by atoms with Crippen LogP contribution in [0.3, 0.4) is 0 Å². The van der Waals surface area contributed by atoms with Crippen LogP contribution in [0, 0.1) is 0 Å². The molecule has 7 atom stereocenters. The minimum Gasteiger partial charge on any atom is -0.466 e. The quantitative estimate of drug-likeness (QED) is 0.0195. The molecule has 84 heavy (non-hydrogen) atoms. The van der Waals surface area contributed by atoms with Crippen LogP contribution in [0.25, 0.3) is 0 Å². The zero-order valence-corrected chi connectivity index (χ0v) is 54.1. The van der Waals surface area contributed by atoms with Gasteiger partial charge in [-0.15, -0.1) is 0 Å². The highest BCUT2D eigenvalue weighted by Crippen LogP contribution is 2.23. The van der Waals surface area contributed by atoms with E-state index >= 15 is 0 Å². The third-order valence-electron chi connectivity index (χ3n) is 16.3. The first-order valence-corrected chi connectivity index (χ1v) is 35.2. The molecule has 0 aromatic rings. The number of nitrogens with one attached hydrogen (secondary N) is 1.